The molecule has 1 aliphatic carbocycles. The largest absolute Gasteiger partial charge is 0.444 e. The fourth-order valence-electron chi connectivity index (χ4n) is 15.0. The highest BCUT2D eigenvalue weighted by atomic mass is 127. The number of amides is 2. The second kappa shape index (κ2) is 43.0. The predicted octanol–water partition coefficient (Wildman–Crippen LogP) is 15.6. The number of carbonyl (C=O) groups excluding carboxylic acids is 2. The van der Waals surface area contributed by atoms with E-state index in [9.17, 15) is 56.1 Å². The van der Waals surface area contributed by atoms with E-state index in [4.69, 9.17) is 48.9 Å². The van der Waals surface area contributed by atoms with Gasteiger partial charge in [-0.3, -0.25) is 23.5 Å². The SMILES string of the molecule is CC(C)(C)OC(=O)N1CCC(O)(Cn2cnc3c(ccn3-c3ccc(F)cc3)c2=O)CC1.CC(C)(C)OC(=O)N1CCC2(CC1)CO2.Clc1ncnc2[nH]ccc12.Fc1ccc(-n2ccc3c(Cl)ncnc32)cc1.Fc1ccc(I)cc1.N[C@H]1CCCC[C@@H]1N.O=c1[nH]cnc2c1ccn2-c1ccc(F)cc1.O=c1c2ccn(-c3ccc(F)cc3)c2ncn1CC1(O)CCNCC1. The number of piperidine rings is 3. The van der Waals surface area contributed by atoms with Gasteiger partial charge in [0.05, 0.1) is 69.8 Å². The highest BCUT2D eigenvalue weighted by Crippen LogP contribution is 2.38. The van der Waals surface area contributed by atoms with Crippen molar-refractivity contribution in [3.8, 4) is 22.7 Å². The molecule has 4 saturated heterocycles. The second-order valence-electron chi connectivity index (χ2n) is 34.4. The minimum Gasteiger partial charge on any atom is -0.444 e. The van der Waals surface area contributed by atoms with Gasteiger partial charge in [0.2, 0.25) is 0 Å². The third kappa shape index (κ3) is 25.8. The number of nitrogens with one attached hydrogen (secondary N) is 3. The third-order valence-corrected chi connectivity index (χ3v) is 23.7. The molecule has 9 N–H and O–H groups in total. The average Bonchev–Trinajstić information content (AvgIpc) is 1.62. The summed E-state index contributed by atoms with van der Waals surface area (Å²) in [6.45, 7) is 16.0. The summed E-state index contributed by atoms with van der Waals surface area (Å²) >= 11 is 13.8. The van der Waals surface area contributed by atoms with Gasteiger partial charge in [-0.25, -0.2) is 66.4 Å². The van der Waals surface area contributed by atoms with Gasteiger partial charge < -0.3 is 79.2 Å². The molecule has 10 aromatic heterocycles. The molecule has 1 saturated carbocycles. The zero-order valence-electron chi connectivity index (χ0n) is 73.3. The molecule has 30 nitrogen and oxygen atoms in total. The van der Waals surface area contributed by atoms with Crippen LogP contribution in [0, 0.1) is 32.7 Å². The van der Waals surface area contributed by atoms with Crippen molar-refractivity contribution in [3.63, 3.8) is 0 Å². The maximum Gasteiger partial charge on any atom is 0.410 e. The number of aromatic amines is 2. The van der Waals surface area contributed by atoms with Gasteiger partial charge in [0.15, 0.2) is 16.9 Å². The van der Waals surface area contributed by atoms with Crippen LogP contribution in [0.3, 0.4) is 0 Å². The van der Waals surface area contributed by atoms with Gasteiger partial charge in [0, 0.05) is 95.6 Å². The smallest absolute Gasteiger partial charge is 0.410 e. The topological polar surface area (TPSA) is 379 Å². The number of epoxide rings is 1. The van der Waals surface area contributed by atoms with Crippen molar-refractivity contribution >= 4 is 113 Å². The molecule has 5 aromatic carbocycles. The first-order valence-corrected chi connectivity index (χ1v) is 44.6. The lowest BCUT2D eigenvalue weighted by Gasteiger charge is -2.38. The van der Waals surface area contributed by atoms with Crippen LogP contribution in [0.1, 0.15) is 106 Å². The van der Waals surface area contributed by atoms with Gasteiger partial charge in [0.25, 0.3) is 16.7 Å². The number of fused-ring (bicyclic) bond motifs is 5. The molecule has 132 heavy (non-hydrogen) atoms. The lowest BCUT2D eigenvalue weighted by molar-refractivity contribution is -0.0420. The Morgan fingerprint density at radius 2 is 0.841 bits per heavy atom. The first kappa shape index (κ1) is 97.4. The minimum atomic E-state index is -1.13. The highest BCUT2D eigenvalue weighted by Gasteiger charge is 2.48. The van der Waals surface area contributed by atoms with Crippen molar-refractivity contribution in [1.29, 1.82) is 0 Å². The molecule has 4 aliphatic heterocycles. The van der Waals surface area contributed by atoms with Gasteiger partial charge >= 0.3 is 12.2 Å². The van der Waals surface area contributed by atoms with Crippen LogP contribution in [0.4, 0.5) is 31.5 Å². The number of ether oxygens (including phenoxy) is 3. The van der Waals surface area contributed by atoms with Gasteiger partial charge in [-0.2, -0.15) is 0 Å². The zero-order valence-corrected chi connectivity index (χ0v) is 77.0. The molecule has 15 aromatic rings. The van der Waals surface area contributed by atoms with Crippen LogP contribution in [0.25, 0.3) is 77.9 Å². The summed E-state index contributed by atoms with van der Waals surface area (Å²) in [5, 5.41) is 28.9. The zero-order chi connectivity index (χ0) is 94.2. The molecule has 20 rings (SSSR count). The molecule has 5 aliphatic rings. The number of nitrogens with zero attached hydrogens (tertiary/aromatic N) is 15. The summed E-state index contributed by atoms with van der Waals surface area (Å²) in [5.74, 6) is -1.39. The fraction of sp³-hybridized carbons (Fsp3) is 0.340. The number of hydrogen-bond donors (Lipinski definition) is 7. The van der Waals surface area contributed by atoms with Crippen LogP contribution in [-0.2, 0) is 27.3 Å². The van der Waals surface area contributed by atoms with E-state index < -0.39 is 28.5 Å². The number of aliphatic hydroxyl groups is 2. The lowest BCUT2D eigenvalue weighted by Crippen LogP contribution is -2.50. The Kier molecular flexibility index (Phi) is 31.8. The molecular weight excluding hydrogens is 1860 g/mol. The number of benzene rings is 5. The van der Waals surface area contributed by atoms with E-state index in [1.165, 1.54) is 114 Å². The fourth-order valence-corrected chi connectivity index (χ4v) is 15.8. The molecule has 5 fully saturated rings. The number of hydrogen-bond acceptors (Lipinski definition) is 20. The van der Waals surface area contributed by atoms with Crippen LogP contribution >= 0.6 is 45.8 Å². The number of halogens is 8. The van der Waals surface area contributed by atoms with E-state index in [1.54, 1.807) is 127 Å². The van der Waals surface area contributed by atoms with Crippen molar-refractivity contribution < 1.29 is 56.0 Å². The molecule has 2 atom stereocenters. The standard InChI is InChI=1S/C23H27FN4O4.C18H19FN4O2.C12H7ClFN3.C12H8FN3O.C11H19NO3.C6H4ClN3.C6H4FI.C6H14N2/c1-22(2,3)32-21(30)26-12-9-23(31,10-13-26)14-27-15-25-19-18(20(27)29)8-11-28(19)17-6-4-16(24)5-7-17;19-13-1-3-14(4-2-13)23-10-5-15-16(23)21-12-22(17(15)24)11-18(25)6-8-20-9-7-18;13-11-10-5-6-17(12(10)16-7-15-11)9-3-1-8(14)2-4-9;13-8-1-3-9(4-2-8)16-6-5-10-11(16)14-7-15-12(10)17;1-10(2,3)15-9(13)12-6-4-11(5-7-12)8-14-11;7-5-4-1-2-8-6(4)10-3-9-5;7-5-1-3-6(8)4-2-5;7-5-3-1-2-4-6(5)8/h4-8,11,15,31H,9-10,12-14H2,1-3H3;1-5,10,12,20,25H,6-9,11H2;1-7H;1-7H,(H,14,15,17);4-8H2,1-3H3;1-3H,(H,8,9,10);1-4H;5-6H,1-4,7-8H2/t;;;;;;;5-,6-/m.......0/s1. The summed E-state index contributed by atoms with van der Waals surface area (Å²) in [6, 6.07) is 39.8. The Morgan fingerprint density at radius 3 is 1.23 bits per heavy atom. The van der Waals surface area contributed by atoms with Crippen molar-refractivity contribution in [3.05, 3.63) is 288 Å². The van der Waals surface area contributed by atoms with Crippen LogP contribution < -0.4 is 33.5 Å². The average molecular weight is 1960 g/mol. The molecule has 2 amide bonds. The Bertz CT molecular complexity index is 6560. The molecule has 1 spiro atoms. The molecular formula is C94H102Cl2F5IN20O10. The summed E-state index contributed by atoms with van der Waals surface area (Å²) in [4.78, 5) is 98.8. The number of nitrogens with two attached hydrogens (primary N) is 2. The molecule has 694 valence electrons. The molecule has 0 radical (unpaired) electrons. The monoisotopic (exact) mass is 1960 g/mol. The van der Waals surface area contributed by atoms with E-state index in [0.717, 1.165) is 95.5 Å². The van der Waals surface area contributed by atoms with Crippen LogP contribution in [0.15, 0.2) is 229 Å². The number of likely N-dealkylation sites (tertiary alicyclic amines) is 2. The Hall–Kier alpha value is -12.1. The number of aromatic nitrogens is 15. The maximum absolute atomic E-state index is 13.2. The van der Waals surface area contributed by atoms with Crippen LogP contribution in [0.5, 0.6) is 0 Å². The number of H-pyrrole nitrogens is 2. The normalized spacial score (nSPS) is 16.5. The van der Waals surface area contributed by atoms with Crippen LogP contribution in [-0.4, -0.2) is 190 Å². The Morgan fingerprint density at radius 1 is 0.477 bits per heavy atom. The van der Waals surface area contributed by atoms with Crippen LogP contribution in [0.2, 0.25) is 10.3 Å². The van der Waals surface area contributed by atoms with E-state index >= 15 is 0 Å². The van der Waals surface area contributed by atoms with E-state index in [2.05, 4.69) is 72.8 Å². The van der Waals surface area contributed by atoms with Crippen molar-refractivity contribution in [2.45, 2.75) is 159 Å². The first-order valence-electron chi connectivity index (χ1n) is 42.8. The number of rotatable bonds is 8. The van der Waals surface area contributed by atoms with E-state index in [1.807, 2.05) is 64.4 Å². The van der Waals surface area contributed by atoms with Crippen molar-refractivity contribution in [2.75, 3.05) is 45.9 Å². The van der Waals surface area contributed by atoms with Crippen molar-refractivity contribution in [2.24, 2.45) is 11.5 Å². The maximum atomic E-state index is 13.2. The third-order valence-electron chi connectivity index (χ3n) is 22.4. The second-order valence-corrected chi connectivity index (χ2v) is 36.4. The summed E-state index contributed by atoms with van der Waals surface area (Å²) in [6.07, 6.45) is 23.9. The summed E-state index contributed by atoms with van der Waals surface area (Å²) < 4.78 is 91.2. The molecule has 0 bridgehead atoms. The Balaban J connectivity index is 0.000000134. The predicted molar refractivity (Wildman–Crippen MR) is 503 cm³/mol. The highest BCUT2D eigenvalue weighted by molar-refractivity contribution is 14.1. The summed E-state index contributed by atoms with van der Waals surface area (Å²) in [7, 11) is 0. The molecule has 14 heterocycles. The van der Waals surface area contributed by atoms with E-state index in [0.29, 0.717) is 93.5 Å². The summed E-state index contributed by atoms with van der Waals surface area (Å²) in [5.41, 5.74) is 13.8. The van der Waals surface area contributed by atoms with Gasteiger partial charge in [0.1, 0.15) is 87.2 Å². The minimum absolute atomic E-state index is 0.0820. The van der Waals surface area contributed by atoms with Gasteiger partial charge in [-0.05, 0) is 280 Å². The molecule has 0 unspecified atom stereocenters. The van der Waals surface area contributed by atoms with Gasteiger partial charge in [-0.1, -0.05) is 36.0 Å². The van der Waals surface area contributed by atoms with Crippen molar-refractivity contribution in [1.82, 2.24) is 87.4 Å². The molecule has 38 heteroatoms. The Labute approximate surface area is 778 Å². The quantitative estimate of drug-likeness (QED) is 0.0321. The van der Waals surface area contributed by atoms with Gasteiger partial charge in [-0.15, -0.1) is 0 Å². The van der Waals surface area contributed by atoms with E-state index in [-0.39, 0.29) is 82.6 Å². The lowest BCUT2D eigenvalue weighted by atomic mass is 9.91. The number of carbonyl (C=O) groups is 2. The first-order chi connectivity index (χ1) is 63.0.